The number of fused-ring (bicyclic) bond motifs is 1. The molecule has 0 spiro atoms. The van der Waals surface area contributed by atoms with Crippen molar-refractivity contribution in [3.8, 4) is 0 Å². The lowest BCUT2D eigenvalue weighted by Crippen LogP contribution is -2.62. The van der Waals surface area contributed by atoms with Crippen LogP contribution in [-0.2, 0) is 53.9 Å². The molecule has 0 unspecified atom stereocenters. The van der Waals surface area contributed by atoms with Gasteiger partial charge in [0.25, 0.3) is 0 Å². The Morgan fingerprint density at radius 1 is 0.886 bits per heavy atom. The van der Waals surface area contributed by atoms with E-state index in [0.717, 1.165) is 24.9 Å². The van der Waals surface area contributed by atoms with Crippen molar-refractivity contribution in [3.63, 3.8) is 0 Å². The number of carbonyl (C=O) groups excluding carboxylic acids is 3. The zero-order valence-electron chi connectivity index (χ0n) is 44.4. The standard InChI is InChI=1S/C53H84Cl2N2O13/c1-16-39-53(13)44(56(49(62)70-53)22-19-35-17-18-36(54)37(55)24-35)31(6)41(58)29(4)25-52(12,64-15)46(69-48-42(59)38(23-30(5)65-48)57(28(2)3)27-50(10)20-21-50)32(7)43(33(8)47(61)67-39)68-40-26-51(11,63-14)45(60)34(9)66-40/h17-18,24,28-34,38-40,42-46,48,59-60H,16,19-23,25-27H2,1-15H3/t29-,30+,31-,32+,33-,34-,38-,39+,40-,42+,43+,44-,45-,46-,48-,51+,52+,53-/m1/s1. The molecule has 15 nitrogen and oxygen atoms in total. The van der Waals surface area contributed by atoms with E-state index in [4.69, 9.17) is 61.1 Å². The molecule has 5 fully saturated rings. The lowest BCUT2D eigenvalue weighted by atomic mass is 9.73. The Morgan fingerprint density at radius 3 is 2.13 bits per heavy atom. The van der Waals surface area contributed by atoms with Crippen LogP contribution >= 0.6 is 23.2 Å². The monoisotopic (exact) mass is 1030 g/mol. The minimum Gasteiger partial charge on any atom is -0.458 e. The van der Waals surface area contributed by atoms with Gasteiger partial charge in [0.2, 0.25) is 0 Å². The van der Waals surface area contributed by atoms with E-state index in [2.05, 4.69) is 25.7 Å². The molecule has 0 aromatic heterocycles. The molecule has 4 aliphatic heterocycles. The second-order valence-electron chi connectivity index (χ2n) is 22.8. The van der Waals surface area contributed by atoms with Gasteiger partial charge >= 0.3 is 12.1 Å². The highest BCUT2D eigenvalue weighted by atomic mass is 35.5. The number of Topliss-reactive ketones (excluding diaryl/α,β-unsaturated/α-hetero) is 1. The first-order chi connectivity index (χ1) is 32.7. The summed E-state index contributed by atoms with van der Waals surface area (Å²) in [6.07, 6.45) is -5.06. The summed E-state index contributed by atoms with van der Waals surface area (Å²) in [5.41, 5.74) is -2.80. The van der Waals surface area contributed by atoms with Crippen LogP contribution < -0.4 is 0 Å². The van der Waals surface area contributed by atoms with Crippen molar-refractivity contribution >= 4 is 41.0 Å². The highest BCUT2D eigenvalue weighted by molar-refractivity contribution is 6.42. The summed E-state index contributed by atoms with van der Waals surface area (Å²) in [5.74, 6) is -4.04. The molecule has 4 saturated heterocycles. The van der Waals surface area contributed by atoms with Gasteiger partial charge in [0.05, 0.1) is 57.6 Å². The number of hydrogen-bond acceptors (Lipinski definition) is 14. The first-order valence-electron chi connectivity index (χ1n) is 25.7. The maximum absolute atomic E-state index is 15.2. The number of aliphatic hydroxyl groups is 2. The van der Waals surface area contributed by atoms with E-state index in [1.165, 1.54) is 7.11 Å². The van der Waals surface area contributed by atoms with Gasteiger partial charge in [-0.3, -0.25) is 19.4 Å². The average molecular weight is 1030 g/mol. The highest BCUT2D eigenvalue weighted by Gasteiger charge is 2.61. The van der Waals surface area contributed by atoms with E-state index in [1.807, 2.05) is 40.7 Å². The number of hydrogen-bond donors (Lipinski definition) is 2. The Labute approximate surface area is 427 Å². The van der Waals surface area contributed by atoms with Crippen molar-refractivity contribution in [1.82, 2.24) is 9.80 Å². The van der Waals surface area contributed by atoms with Crippen molar-refractivity contribution in [2.75, 3.05) is 27.3 Å². The lowest BCUT2D eigenvalue weighted by molar-refractivity contribution is -0.320. The molecule has 1 aromatic carbocycles. The van der Waals surface area contributed by atoms with E-state index in [-0.39, 0.29) is 55.2 Å². The molecule has 17 heteroatoms. The van der Waals surface area contributed by atoms with Gasteiger partial charge < -0.3 is 48.1 Å². The molecular formula is C53H84Cl2N2O13. The maximum Gasteiger partial charge on any atom is 0.410 e. The van der Waals surface area contributed by atoms with Crippen LogP contribution in [0.3, 0.4) is 0 Å². The molecule has 1 saturated carbocycles. The largest absolute Gasteiger partial charge is 0.458 e. The Hall–Kier alpha value is -2.15. The number of amides is 1. The second kappa shape index (κ2) is 22.4. The fourth-order valence-electron chi connectivity index (χ4n) is 12.1. The number of carbonyl (C=O) groups is 3. The molecule has 1 amide bonds. The summed E-state index contributed by atoms with van der Waals surface area (Å²) in [5, 5.41) is 24.4. The molecule has 0 radical (unpaired) electrons. The first-order valence-corrected chi connectivity index (χ1v) is 26.4. The number of cyclic esters (lactones) is 1. The number of nitrogens with zero attached hydrogens (tertiary/aromatic N) is 2. The van der Waals surface area contributed by atoms with Crippen molar-refractivity contribution in [2.45, 2.75) is 225 Å². The summed E-state index contributed by atoms with van der Waals surface area (Å²) in [6, 6.07) is 4.27. The van der Waals surface area contributed by atoms with E-state index in [0.29, 0.717) is 22.9 Å². The molecule has 5 aliphatic rings. The predicted octanol–water partition coefficient (Wildman–Crippen LogP) is 8.41. The van der Waals surface area contributed by atoms with Gasteiger partial charge in [0.1, 0.15) is 24.1 Å². The zero-order chi connectivity index (χ0) is 52.0. The smallest absolute Gasteiger partial charge is 0.410 e. The minimum atomic E-state index is -1.46. The van der Waals surface area contributed by atoms with Crippen LogP contribution in [0.4, 0.5) is 4.79 Å². The number of benzene rings is 1. The Morgan fingerprint density at radius 2 is 1.54 bits per heavy atom. The van der Waals surface area contributed by atoms with E-state index in [9.17, 15) is 15.0 Å². The van der Waals surface area contributed by atoms with Crippen molar-refractivity contribution in [3.05, 3.63) is 33.8 Å². The fraction of sp³-hybridized carbons (Fsp3) is 0.830. The summed E-state index contributed by atoms with van der Waals surface area (Å²) in [6.45, 7) is 25.8. The number of ketones is 1. The van der Waals surface area contributed by atoms with E-state index in [1.54, 1.807) is 58.8 Å². The summed E-state index contributed by atoms with van der Waals surface area (Å²) in [7, 11) is 3.09. The Balaban J connectivity index is 1.44. The van der Waals surface area contributed by atoms with E-state index >= 15 is 9.59 Å². The molecule has 6 rings (SSSR count). The van der Waals surface area contributed by atoms with Crippen LogP contribution in [0, 0.1) is 29.1 Å². The Kier molecular flexibility index (Phi) is 18.3. The van der Waals surface area contributed by atoms with Crippen LogP contribution in [0.1, 0.15) is 134 Å². The van der Waals surface area contributed by atoms with Crippen LogP contribution in [0.5, 0.6) is 0 Å². The summed E-state index contributed by atoms with van der Waals surface area (Å²) >= 11 is 12.6. The first kappa shape index (κ1) is 57.1. The molecule has 1 aromatic rings. The van der Waals surface area contributed by atoms with Gasteiger partial charge in [-0.15, -0.1) is 0 Å². The maximum atomic E-state index is 15.2. The zero-order valence-corrected chi connectivity index (χ0v) is 45.9. The molecule has 2 N–H and O–H groups in total. The third-order valence-corrected chi connectivity index (χ3v) is 17.6. The van der Waals surface area contributed by atoms with Crippen molar-refractivity contribution in [2.24, 2.45) is 29.1 Å². The lowest BCUT2D eigenvalue weighted by Gasteiger charge is -2.50. The number of aliphatic hydroxyl groups excluding tert-OH is 2. The van der Waals surface area contributed by atoms with Gasteiger partial charge in [0, 0.05) is 63.6 Å². The molecule has 1 aliphatic carbocycles. The van der Waals surface area contributed by atoms with Gasteiger partial charge in [-0.25, -0.2) is 4.79 Å². The van der Waals surface area contributed by atoms with Crippen molar-refractivity contribution in [1.29, 1.82) is 0 Å². The summed E-state index contributed by atoms with van der Waals surface area (Å²) < 4.78 is 52.3. The van der Waals surface area contributed by atoms with Gasteiger partial charge in [-0.05, 0) is 117 Å². The molecular weight excluding hydrogens is 943 g/mol. The molecule has 398 valence electrons. The van der Waals surface area contributed by atoms with Gasteiger partial charge in [0.15, 0.2) is 18.2 Å². The highest BCUT2D eigenvalue weighted by Crippen LogP contribution is 2.48. The molecule has 4 heterocycles. The minimum absolute atomic E-state index is 0.120. The van der Waals surface area contributed by atoms with Crippen molar-refractivity contribution < 1.29 is 62.5 Å². The summed E-state index contributed by atoms with van der Waals surface area (Å²) in [4.78, 5) is 48.4. The number of methoxy groups -OCH3 is 2. The normalized spacial score (nSPS) is 41.8. The fourth-order valence-corrected chi connectivity index (χ4v) is 12.4. The third kappa shape index (κ3) is 11.9. The van der Waals surface area contributed by atoms with Gasteiger partial charge in [-0.1, -0.05) is 63.9 Å². The third-order valence-electron chi connectivity index (χ3n) is 16.8. The average Bonchev–Trinajstić information content (AvgIpc) is 3.98. The van der Waals surface area contributed by atoms with Gasteiger partial charge in [-0.2, -0.15) is 0 Å². The SMILES string of the molecule is CC[C@@H]1OC(=O)[C@H](C)[C@@H](O[C@@H]2C[C@](C)(OC)[C@H](O)[C@@H](C)O2)[C@H](C)[C@@H](O[C@H]2O[C@@H](C)C[C@@H](N(CC3(C)CC3)C(C)C)[C@@H]2O)[C@@](C)(OC)C[C@@H](C)C(=O)[C@@H](C)[C@H]2N(CCc3ccc(Cl)c(Cl)c3)C(=O)O[C@]12C. The number of esters is 1. The predicted molar refractivity (Wildman–Crippen MR) is 265 cm³/mol. The topological polar surface area (TPSA) is 172 Å². The number of halogens is 2. The molecule has 70 heavy (non-hydrogen) atoms. The van der Waals surface area contributed by atoms with E-state index < -0.39 is 108 Å². The molecule has 18 atom stereocenters. The number of rotatable bonds is 14. The van der Waals surface area contributed by atoms with Crippen LogP contribution in [0.15, 0.2) is 18.2 Å². The van der Waals surface area contributed by atoms with Crippen LogP contribution in [0.25, 0.3) is 0 Å². The second-order valence-corrected chi connectivity index (χ2v) is 23.6. The molecule has 0 bridgehead atoms. The number of ether oxygens (including phenoxy) is 8. The Bertz CT molecular complexity index is 1990. The quantitative estimate of drug-likeness (QED) is 0.170. The van der Waals surface area contributed by atoms with Crippen LogP contribution in [-0.4, -0.2) is 155 Å². The van der Waals surface area contributed by atoms with Crippen LogP contribution in [0.2, 0.25) is 10.0 Å².